The van der Waals surface area contributed by atoms with Gasteiger partial charge in [-0.3, -0.25) is 4.55 Å². The molecular weight excluding hydrogens is 212 g/mol. The van der Waals surface area contributed by atoms with Crippen LogP contribution in [0.3, 0.4) is 0 Å². The third kappa shape index (κ3) is 15.2. The molecule has 0 bridgehead atoms. The second-order valence-electron chi connectivity index (χ2n) is 3.41. The summed E-state index contributed by atoms with van der Waals surface area (Å²) in [5.74, 6) is -0.0826. The standard InChI is InChI=1S/C9H20O3S.Mg.2H/c1-2-3-4-5-6-7-8-9-13(10,11)12;;;/h2-9H2,1H3,(H,10,11,12);;;/q;+2;2*-1. The van der Waals surface area contributed by atoms with Crippen LogP contribution in [-0.4, -0.2) is 41.8 Å². The van der Waals surface area contributed by atoms with Gasteiger partial charge >= 0.3 is 23.1 Å². The van der Waals surface area contributed by atoms with E-state index in [4.69, 9.17) is 4.55 Å². The largest absolute Gasteiger partial charge is 2.00 e. The van der Waals surface area contributed by atoms with Crippen LogP contribution < -0.4 is 0 Å². The normalized spacial score (nSPS) is 11.0. The van der Waals surface area contributed by atoms with Crippen molar-refractivity contribution in [2.75, 3.05) is 5.75 Å². The van der Waals surface area contributed by atoms with Crippen LogP contribution in [0, 0.1) is 0 Å². The summed E-state index contributed by atoms with van der Waals surface area (Å²) < 4.78 is 29.1. The van der Waals surface area contributed by atoms with Crippen LogP contribution in [0.15, 0.2) is 0 Å². The van der Waals surface area contributed by atoms with Gasteiger partial charge in [0.05, 0.1) is 5.75 Å². The molecule has 0 aromatic carbocycles. The van der Waals surface area contributed by atoms with Crippen molar-refractivity contribution in [1.82, 2.24) is 0 Å². The van der Waals surface area contributed by atoms with E-state index in [0.717, 1.165) is 12.8 Å². The van der Waals surface area contributed by atoms with Crippen molar-refractivity contribution in [1.29, 1.82) is 0 Å². The molecule has 0 amide bonds. The Morgan fingerprint density at radius 1 is 1.00 bits per heavy atom. The van der Waals surface area contributed by atoms with Gasteiger partial charge in [-0.15, -0.1) is 0 Å². The van der Waals surface area contributed by atoms with Crippen molar-refractivity contribution >= 4 is 33.2 Å². The van der Waals surface area contributed by atoms with Gasteiger partial charge in [0.1, 0.15) is 0 Å². The van der Waals surface area contributed by atoms with Gasteiger partial charge < -0.3 is 2.85 Å². The molecule has 0 aromatic rings. The molecule has 84 valence electrons. The van der Waals surface area contributed by atoms with Gasteiger partial charge in [0.15, 0.2) is 0 Å². The molecular formula is C9H22MgO3S. The summed E-state index contributed by atoms with van der Waals surface area (Å²) in [6.07, 6.45) is 7.48. The molecule has 0 rings (SSSR count). The van der Waals surface area contributed by atoms with E-state index in [9.17, 15) is 8.42 Å². The number of hydrogen-bond acceptors (Lipinski definition) is 2. The fourth-order valence-corrected chi connectivity index (χ4v) is 1.81. The van der Waals surface area contributed by atoms with Gasteiger partial charge in [-0.05, 0) is 6.42 Å². The smallest absolute Gasteiger partial charge is 1.00 e. The van der Waals surface area contributed by atoms with Crippen LogP contribution >= 0.6 is 0 Å². The quantitative estimate of drug-likeness (QED) is 0.399. The fraction of sp³-hybridized carbons (Fsp3) is 1.00. The molecule has 0 radical (unpaired) electrons. The summed E-state index contributed by atoms with van der Waals surface area (Å²) in [6.45, 7) is 2.17. The van der Waals surface area contributed by atoms with E-state index in [1.165, 1.54) is 25.7 Å². The second-order valence-corrected chi connectivity index (χ2v) is 4.98. The Morgan fingerprint density at radius 2 is 1.43 bits per heavy atom. The molecule has 5 heteroatoms. The molecule has 3 nitrogen and oxygen atoms in total. The molecule has 0 aliphatic carbocycles. The minimum absolute atomic E-state index is 0. The number of unbranched alkanes of at least 4 members (excludes halogenated alkanes) is 6. The average molecular weight is 235 g/mol. The third-order valence-corrected chi connectivity index (χ3v) is 2.81. The molecule has 0 heterocycles. The van der Waals surface area contributed by atoms with E-state index in [1.54, 1.807) is 0 Å². The summed E-state index contributed by atoms with van der Waals surface area (Å²) in [5, 5.41) is 0. The van der Waals surface area contributed by atoms with Crippen molar-refractivity contribution in [2.45, 2.75) is 51.9 Å². The first-order valence-corrected chi connectivity index (χ1v) is 6.62. The number of rotatable bonds is 8. The summed E-state index contributed by atoms with van der Waals surface area (Å²) in [5.41, 5.74) is 0. The van der Waals surface area contributed by atoms with Gasteiger partial charge in [0, 0.05) is 0 Å². The van der Waals surface area contributed by atoms with Crippen molar-refractivity contribution in [3.8, 4) is 0 Å². The molecule has 0 fully saturated rings. The van der Waals surface area contributed by atoms with E-state index >= 15 is 0 Å². The Kier molecular flexibility index (Phi) is 12.4. The van der Waals surface area contributed by atoms with E-state index in [2.05, 4.69) is 6.92 Å². The Bertz CT molecular complexity index is 211. The van der Waals surface area contributed by atoms with Crippen LogP contribution in [0.1, 0.15) is 54.7 Å². The van der Waals surface area contributed by atoms with Crippen LogP contribution in [-0.2, 0) is 10.1 Å². The first kappa shape index (κ1) is 17.1. The molecule has 0 aliphatic heterocycles. The first-order chi connectivity index (χ1) is 6.06. The SMILES string of the molecule is CCCCCCCCCS(=O)(=O)O.[H-].[H-].[Mg+2]. The van der Waals surface area contributed by atoms with Crippen LogP contribution in [0.5, 0.6) is 0 Å². The van der Waals surface area contributed by atoms with Crippen molar-refractivity contribution < 1.29 is 15.8 Å². The van der Waals surface area contributed by atoms with Crippen molar-refractivity contribution in [3.63, 3.8) is 0 Å². The van der Waals surface area contributed by atoms with Crippen LogP contribution in [0.2, 0.25) is 0 Å². The van der Waals surface area contributed by atoms with Crippen molar-refractivity contribution in [3.05, 3.63) is 0 Å². The topological polar surface area (TPSA) is 54.4 Å². The maximum atomic E-state index is 10.3. The Morgan fingerprint density at radius 3 is 1.86 bits per heavy atom. The van der Waals surface area contributed by atoms with Gasteiger partial charge in [-0.25, -0.2) is 0 Å². The molecule has 0 atom stereocenters. The molecule has 0 spiro atoms. The Labute approximate surface area is 107 Å². The molecule has 0 aromatic heterocycles. The minimum atomic E-state index is -3.72. The molecule has 0 unspecified atom stereocenters. The molecule has 14 heavy (non-hydrogen) atoms. The van der Waals surface area contributed by atoms with E-state index in [-0.39, 0.29) is 31.7 Å². The van der Waals surface area contributed by atoms with Gasteiger partial charge in [-0.1, -0.05) is 45.4 Å². The summed E-state index contributed by atoms with van der Waals surface area (Å²) in [7, 11) is -3.72. The minimum Gasteiger partial charge on any atom is -1.00 e. The van der Waals surface area contributed by atoms with Gasteiger partial charge in [0.25, 0.3) is 10.1 Å². The zero-order valence-corrected chi connectivity index (χ0v) is 11.3. The molecule has 0 saturated heterocycles. The van der Waals surface area contributed by atoms with E-state index in [0.29, 0.717) is 6.42 Å². The average Bonchev–Trinajstić information content (AvgIpc) is 2.01. The Hall–Kier alpha value is 0.676. The maximum Gasteiger partial charge on any atom is 2.00 e. The summed E-state index contributed by atoms with van der Waals surface area (Å²) in [4.78, 5) is 0. The first-order valence-electron chi connectivity index (χ1n) is 5.01. The van der Waals surface area contributed by atoms with Gasteiger partial charge in [0.2, 0.25) is 0 Å². The summed E-state index contributed by atoms with van der Waals surface area (Å²) in [6, 6.07) is 0. The molecule has 0 aliphatic rings. The van der Waals surface area contributed by atoms with E-state index < -0.39 is 10.1 Å². The zero-order valence-electron chi connectivity index (χ0n) is 11.0. The van der Waals surface area contributed by atoms with Crippen LogP contribution in [0.4, 0.5) is 0 Å². The van der Waals surface area contributed by atoms with Crippen molar-refractivity contribution in [2.24, 2.45) is 0 Å². The van der Waals surface area contributed by atoms with Crippen LogP contribution in [0.25, 0.3) is 0 Å². The molecule has 0 saturated carbocycles. The Balaban J connectivity index is -0.000000240. The predicted octanol–water partition coefficient (Wildman–Crippen LogP) is 2.47. The zero-order chi connectivity index (χ0) is 10.2. The van der Waals surface area contributed by atoms with Gasteiger partial charge in [-0.2, -0.15) is 8.42 Å². The summed E-state index contributed by atoms with van der Waals surface area (Å²) >= 11 is 0. The monoisotopic (exact) mass is 234 g/mol. The van der Waals surface area contributed by atoms with E-state index in [1.807, 2.05) is 0 Å². The number of hydrogen-bond donors (Lipinski definition) is 1. The second kappa shape index (κ2) is 10.2. The molecule has 1 N–H and O–H groups in total. The maximum absolute atomic E-state index is 10.3. The third-order valence-electron chi connectivity index (χ3n) is 2.01. The fourth-order valence-electron chi connectivity index (χ4n) is 1.24. The predicted molar refractivity (Wildman–Crippen MR) is 62.4 cm³/mol.